The number of nitrogens with one attached hydrogen (secondary N) is 1. The molecule has 1 aliphatic rings. The third-order valence-electron chi connectivity index (χ3n) is 2.40. The summed E-state index contributed by atoms with van der Waals surface area (Å²) >= 11 is 0. The summed E-state index contributed by atoms with van der Waals surface area (Å²) in [5.74, 6) is 0. The van der Waals surface area contributed by atoms with Gasteiger partial charge in [-0.2, -0.15) is 0 Å². The van der Waals surface area contributed by atoms with Gasteiger partial charge in [-0.1, -0.05) is 6.92 Å². The standard InChI is InChI=1S/C11H16N2O/c1-2-7-13-8-10(5-6-11(13)14)12-9-3-4-9/h5-6,8-9,12H,2-4,7H2,1H3. The predicted molar refractivity (Wildman–Crippen MR) is 57.6 cm³/mol. The molecule has 0 atom stereocenters. The summed E-state index contributed by atoms with van der Waals surface area (Å²) in [4.78, 5) is 11.4. The maximum atomic E-state index is 11.4. The molecule has 2 rings (SSSR count). The van der Waals surface area contributed by atoms with Gasteiger partial charge in [-0.15, -0.1) is 0 Å². The van der Waals surface area contributed by atoms with Crippen molar-refractivity contribution in [3.8, 4) is 0 Å². The molecule has 0 saturated heterocycles. The van der Waals surface area contributed by atoms with Crippen LogP contribution in [0.1, 0.15) is 26.2 Å². The molecule has 1 aromatic heterocycles. The van der Waals surface area contributed by atoms with Gasteiger partial charge in [0.25, 0.3) is 5.56 Å². The molecular formula is C11H16N2O. The molecule has 1 heterocycles. The first kappa shape index (κ1) is 9.31. The zero-order chi connectivity index (χ0) is 9.97. The number of aryl methyl sites for hydroxylation is 1. The van der Waals surface area contributed by atoms with E-state index in [1.165, 1.54) is 12.8 Å². The van der Waals surface area contributed by atoms with Crippen molar-refractivity contribution in [2.45, 2.75) is 38.8 Å². The van der Waals surface area contributed by atoms with Crippen molar-refractivity contribution in [1.82, 2.24) is 4.57 Å². The van der Waals surface area contributed by atoms with Crippen molar-refractivity contribution in [3.05, 3.63) is 28.7 Å². The molecule has 0 amide bonds. The lowest BCUT2D eigenvalue weighted by Gasteiger charge is -2.08. The molecule has 0 unspecified atom stereocenters. The first-order chi connectivity index (χ1) is 6.79. The van der Waals surface area contributed by atoms with Gasteiger partial charge < -0.3 is 9.88 Å². The van der Waals surface area contributed by atoms with Crippen molar-refractivity contribution in [1.29, 1.82) is 0 Å². The Hall–Kier alpha value is -1.25. The van der Waals surface area contributed by atoms with Gasteiger partial charge in [-0.25, -0.2) is 0 Å². The van der Waals surface area contributed by atoms with E-state index in [2.05, 4.69) is 12.2 Å². The maximum absolute atomic E-state index is 11.4. The molecule has 0 radical (unpaired) electrons. The number of anilines is 1. The minimum atomic E-state index is 0.0909. The Labute approximate surface area is 83.8 Å². The SMILES string of the molecule is CCCn1cc(NC2CC2)ccc1=O. The first-order valence-corrected chi connectivity index (χ1v) is 5.26. The lowest BCUT2D eigenvalue weighted by atomic mass is 10.3. The predicted octanol–water partition coefficient (Wildman–Crippen LogP) is 1.83. The second-order valence-corrected chi connectivity index (χ2v) is 3.87. The highest BCUT2D eigenvalue weighted by Crippen LogP contribution is 2.23. The maximum Gasteiger partial charge on any atom is 0.250 e. The van der Waals surface area contributed by atoms with Crippen molar-refractivity contribution < 1.29 is 0 Å². The van der Waals surface area contributed by atoms with Gasteiger partial charge in [0.2, 0.25) is 0 Å². The van der Waals surface area contributed by atoms with Crippen LogP contribution in [0.4, 0.5) is 5.69 Å². The van der Waals surface area contributed by atoms with Gasteiger partial charge in [-0.3, -0.25) is 4.79 Å². The van der Waals surface area contributed by atoms with E-state index in [-0.39, 0.29) is 5.56 Å². The van der Waals surface area contributed by atoms with Crippen LogP contribution in [-0.4, -0.2) is 10.6 Å². The largest absolute Gasteiger partial charge is 0.381 e. The molecule has 3 nitrogen and oxygen atoms in total. The fourth-order valence-corrected chi connectivity index (χ4v) is 1.50. The molecule has 1 N–H and O–H groups in total. The highest BCUT2D eigenvalue weighted by Gasteiger charge is 2.20. The zero-order valence-electron chi connectivity index (χ0n) is 8.49. The Balaban J connectivity index is 2.16. The van der Waals surface area contributed by atoms with Crippen LogP contribution < -0.4 is 10.9 Å². The summed E-state index contributed by atoms with van der Waals surface area (Å²) in [6, 6.07) is 4.15. The Bertz CT molecular complexity index is 366. The summed E-state index contributed by atoms with van der Waals surface area (Å²) in [5, 5.41) is 3.38. The summed E-state index contributed by atoms with van der Waals surface area (Å²) in [6.07, 6.45) is 5.43. The van der Waals surface area contributed by atoms with E-state index >= 15 is 0 Å². The Morgan fingerprint density at radius 1 is 1.50 bits per heavy atom. The molecule has 1 aliphatic carbocycles. The van der Waals surface area contributed by atoms with Crippen molar-refractivity contribution in [2.24, 2.45) is 0 Å². The molecule has 0 aromatic carbocycles. The van der Waals surface area contributed by atoms with Crippen LogP contribution in [0.2, 0.25) is 0 Å². The van der Waals surface area contributed by atoms with E-state index in [9.17, 15) is 4.79 Å². The van der Waals surface area contributed by atoms with Crippen LogP contribution in [-0.2, 0) is 6.54 Å². The molecule has 1 aromatic rings. The Morgan fingerprint density at radius 3 is 2.93 bits per heavy atom. The molecule has 3 heteroatoms. The van der Waals surface area contributed by atoms with E-state index in [0.717, 1.165) is 18.7 Å². The number of hydrogen-bond donors (Lipinski definition) is 1. The summed E-state index contributed by atoms with van der Waals surface area (Å²) in [5.41, 5.74) is 1.16. The van der Waals surface area contributed by atoms with Gasteiger partial charge in [0, 0.05) is 24.8 Å². The fraction of sp³-hybridized carbons (Fsp3) is 0.545. The zero-order valence-corrected chi connectivity index (χ0v) is 8.49. The number of aromatic nitrogens is 1. The molecule has 0 spiro atoms. The van der Waals surface area contributed by atoms with E-state index in [0.29, 0.717) is 6.04 Å². The van der Waals surface area contributed by atoms with Gasteiger partial charge >= 0.3 is 0 Å². The number of hydrogen-bond acceptors (Lipinski definition) is 2. The van der Waals surface area contributed by atoms with E-state index in [1.807, 2.05) is 12.3 Å². The van der Waals surface area contributed by atoms with Crippen LogP contribution in [0.3, 0.4) is 0 Å². The van der Waals surface area contributed by atoms with Crippen LogP contribution >= 0.6 is 0 Å². The summed E-state index contributed by atoms with van der Waals surface area (Å²) in [6.45, 7) is 2.88. The Kier molecular flexibility index (Phi) is 2.57. The molecule has 14 heavy (non-hydrogen) atoms. The average Bonchev–Trinajstić information content (AvgIpc) is 2.95. The van der Waals surface area contributed by atoms with Crippen molar-refractivity contribution >= 4 is 5.69 Å². The smallest absolute Gasteiger partial charge is 0.250 e. The van der Waals surface area contributed by atoms with Crippen molar-refractivity contribution in [3.63, 3.8) is 0 Å². The van der Waals surface area contributed by atoms with Crippen LogP contribution in [0.5, 0.6) is 0 Å². The molecule has 76 valence electrons. The normalized spacial score (nSPS) is 15.5. The Morgan fingerprint density at radius 2 is 2.29 bits per heavy atom. The van der Waals surface area contributed by atoms with Crippen LogP contribution in [0.25, 0.3) is 0 Å². The van der Waals surface area contributed by atoms with Crippen molar-refractivity contribution in [2.75, 3.05) is 5.32 Å². The van der Waals surface area contributed by atoms with E-state index < -0.39 is 0 Å². The van der Waals surface area contributed by atoms with E-state index in [4.69, 9.17) is 0 Å². The van der Waals surface area contributed by atoms with Gasteiger partial charge in [0.15, 0.2) is 0 Å². The number of nitrogens with zero attached hydrogens (tertiary/aromatic N) is 1. The third kappa shape index (κ3) is 2.16. The second-order valence-electron chi connectivity index (χ2n) is 3.87. The van der Waals surface area contributed by atoms with Crippen LogP contribution in [0.15, 0.2) is 23.1 Å². The monoisotopic (exact) mass is 192 g/mol. The molecule has 1 fully saturated rings. The lowest BCUT2D eigenvalue weighted by molar-refractivity contribution is 0.655. The highest BCUT2D eigenvalue weighted by atomic mass is 16.1. The summed E-state index contributed by atoms with van der Waals surface area (Å²) < 4.78 is 1.77. The van der Waals surface area contributed by atoms with Gasteiger partial charge in [0.1, 0.15) is 0 Å². The third-order valence-corrected chi connectivity index (χ3v) is 2.40. The molecule has 1 saturated carbocycles. The quantitative estimate of drug-likeness (QED) is 0.789. The number of pyridine rings is 1. The molecular weight excluding hydrogens is 176 g/mol. The van der Waals surface area contributed by atoms with Gasteiger partial charge in [0.05, 0.1) is 5.69 Å². The second kappa shape index (κ2) is 3.86. The van der Waals surface area contributed by atoms with Gasteiger partial charge in [-0.05, 0) is 25.3 Å². The highest BCUT2D eigenvalue weighted by molar-refractivity contribution is 5.42. The minimum absolute atomic E-state index is 0.0909. The van der Waals surface area contributed by atoms with Crippen LogP contribution in [0, 0.1) is 0 Å². The van der Waals surface area contributed by atoms with E-state index in [1.54, 1.807) is 10.6 Å². The first-order valence-electron chi connectivity index (χ1n) is 5.26. The fourth-order valence-electron chi connectivity index (χ4n) is 1.50. The number of rotatable bonds is 4. The topological polar surface area (TPSA) is 34.0 Å². The molecule has 0 aliphatic heterocycles. The average molecular weight is 192 g/mol. The minimum Gasteiger partial charge on any atom is -0.381 e. The molecule has 0 bridgehead atoms. The lowest BCUT2D eigenvalue weighted by Crippen LogP contribution is -2.19. The summed E-state index contributed by atoms with van der Waals surface area (Å²) in [7, 11) is 0.